The molecule has 0 fully saturated rings. The second-order valence-corrected chi connectivity index (χ2v) is 5.55. The van der Waals surface area contributed by atoms with Crippen molar-refractivity contribution in [2.45, 2.75) is 0 Å². The van der Waals surface area contributed by atoms with E-state index in [4.69, 9.17) is 4.74 Å². The van der Waals surface area contributed by atoms with Gasteiger partial charge < -0.3 is 14.6 Å². The molecular weight excluding hydrogens is 326 g/mol. The summed E-state index contributed by atoms with van der Waals surface area (Å²) in [7, 11) is 6.05. The summed E-state index contributed by atoms with van der Waals surface area (Å²) < 4.78 is 8.87. The lowest BCUT2D eigenvalue weighted by atomic mass is 10.3. The van der Waals surface area contributed by atoms with Crippen LogP contribution in [0.2, 0.25) is 0 Å². The van der Waals surface area contributed by atoms with Gasteiger partial charge in [0.2, 0.25) is 5.88 Å². The summed E-state index contributed by atoms with van der Waals surface area (Å²) in [6.07, 6.45) is 0. The van der Waals surface area contributed by atoms with Gasteiger partial charge in [-0.3, -0.25) is 18.7 Å². The summed E-state index contributed by atoms with van der Waals surface area (Å²) in [6, 6.07) is 6.44. The van der Waals surface area contributed by atoms with Crippen LogP contribution in [-0.2, 0) is 21.1 Å². The van der Waals surface area contributed by atoms with Gasteiger partial charge in [-0.2, -0.15) is 4.98 Å². The average molecular weight is 343 g/mol. The molecule has 25 heavy (non-hydrogen) atoms. The Morgan fingerprint density at radius 3 is 2.52 bits per heavy atom. The van der Waals surface area contributed by atoms with Gasteiger partial charge in [0.05, 0.1) is 12.5 Å². The Kier molecular flexibility index (Phi) is 3.91. The highest BCUT2D eigenvalue weighted by Gasteiger charge is 2.19. The fourth-order valence-corrected chi connectivity index (χ4v) is 2.74. The zero-order chi connectivity index (χ0) is 18.3. The highest BCUT2D eigenvalue weighted by molar-refractivity contribution is 6.05. The first kappa shape index (κ1) is 16.5. The van der Waals surface area contributed by atoms with Gasteiger partial charge in [-0.1, -0.05) is 6.07 Å². The number of aryl methyl sites for hydroxylation is 2. The first-order chi connectivity index (χ1) is 11.8. The van der Waals surface area contributed by atoms with Crippen LogP contribution < -0.4 is 21.3 Å². The van der Waals surface area contributed by atoms with Crippen molar-refractivity contribution >= 4 is 22.8 Å². The normalized spacial score (nSPS) is 10.9. The summed E-state index contributed by atoms with van der Waals surface area (Å²) in [5, 5.41) is 2.94. The second-order valence-electron chi connectivity index (χ2n) is 5.55. The monoisotopic (exact) mass is 343 g/mol. The fraction of sp³-hybridized carbons (Fsp3) is 0.250. The third kappa shape index (κ3) is 2.59. The second kappa shape index (κ2) is 5.93. The molecule has 9 nitrogen and oxygen atoms in total. The van der Waals surface area contributed by atoms with E-state index in [2.05, 4.69) is 10.3 Å². The summed E-state index contributed by atoms with van der Waals surface area (Å²) in [5.74, 6) is 0.233. The Balaban J connectivity index is 2.10. The maximum Gasteiger partial charge on any atom is 0.332 e. The molecule has 0 bridgehead atoms. The molecule has 0 radical (unpaired) electrons. The number of nitrogens with one attached hydrogen (secondary N) is 1. The summed E-state index contributed by atoms with van der Waals surface area (Å²) in [5.41, 5.74) is -0.304. The first-order valence-corrected chi connectivity index (χ1v) is 7.43. The lowest BCUT2D eigenvalue weighted by Gasteiger charge is -2.08. The van der Waals surface area contributed by atoms with Crippen LogP contribution >= 0.6 is 0 Å². The van der Waals surface area contributed by atoms with Crippen molar-refractivity contribution in [2.24, 2.45) is 21.1 Å². The number of hydrogen-bond donors (Lipinski definition) is 1. The van der Waals surface area contributed by atoms with Crippen molar-refractivity contribution in [3.8, 4) is 5.88 Å². The molecule has 0 aliphatic heterocycles. The molecule has 1 N–H and O–H groups in total. The number of hydrogen-bond acceptors (Lipinski definition) is 5. The molecule has 0 aliphatic carbocycles. The van der Waals surface area contributed by atoms with Crippen LogP contribution in [0.25, 0.3) is 11.0 Å². The number of rotatable bonds is 3. The van der Waals surface area contributed by atoms with Crippen LogP contribution in [0.3, 0.4) is 0 Å². The fourth-order valence-electron chi connectivity index (χ4n) is 2.74. The third-order valence-corrected chi connectivity index (χ3v) is 4.03. The number of ether oxygens (including phenoxy) is 1. The lowest BCUT2D eigenvalue weighted by Crippen LogP contribution is -2.37. The van der Waals surface area contributed by atoms with Crippen LogP contribution in [0.1, 0.15) is 10.5 Å². The van der Waals surface area contributed by atoms with Gasteiger partial charge in [-0.25, -0.2) is 4.79 Å². The van der Waals surface area contributed by atoms with Crippen molar-refractivity contribution < 1.29 is 9.53 Å². The molecule has 3 rings (SSSR count). The quantitative estimate of drug-likeness (QED) is 0.734. The highest BCUT2D eigenvalue weighted by atomic mass is 16.5. The summed E-state index contributed by atoms with van der Waals surface area (Å²) in [4.78, 5) is 41.1. The van der Waals surface area contributed by atoms with Gasteiger partial charge >= 0.3 is 5.69 Å². The van der Waals surface area contributed by atoms with E-state index < -0.39 is 17.2 Å². The summed E-state index contributed by atoms with van der Waals surface area (Å²) >= 11 is 0. The number of aromatic nitrogens is 4. The van der Waals surface area contributed by atoms with Crippen LogP contribution in [0.15, 0.2) is 33.9 Å². The van der Waals surface area contributed by atoms with E-state index in [1.807, 2.05) is 0 Å². The molecule has 0 aromatic carbocycles. The zero-order valence-corrected chi connectivity index (χ0v) is 14.2. The molecule has 1 amide bonds. The molecule has 0 aliphatic rings. The van der Waals surface area contributed by atoms with E-state index in [0.717, 1.165) is 4.57 Å². The van der Waals surface area contributed by atoms with E-state index >= 15 is 0 Å². The molecule has 0 saturated carbocycles. The van der Waals surface area contributed by atoms with Crippen LogP contribution in [-0.4, -0.2) is 31.7 Å². The Bertz CT molecular complexity index is 1110. The van der Waals surface area contributed by atoms with Gasteiger partial charge in [-0.15, -0.1) is 0 Å². The van der Waals surface area contributed by atoms with Crippen molar-refractivity contribution in [1.82, 2.24) is 18.7 Å². The van der Waals surface area contributed by atoms with Crippen molar-refractivity contribution in [2.75, 3.05) is 12.4 Å². The largest absolute Gasteiger partial charge is 0.481 e. The number of carbonyl (C=O) groups excluding carboxylic acids is 1. The molecular formula is C16H17N5O4. The standard InChI is InChI=1S/C16H17N5O4/c1-19-10(13(22)18-11-6-5-7-12(17-11)25-4)8-9-14(19)20(2)16(24)21(3)15(9)23/h5-8H,1-4H3,(H,17,18,22). The SMILES string of the molecule is COc1cccc(NC(=O)c2cc3c(=O)n(C)c(=O)n(C)c3n2C)n1. The number of anilines is 1. The molecule has 130 valence electrons. The van der Waals surface area contributed by atoms with Gasteiger partial charge in [0, 0.05) is 27.2 Å². The van der Waals surface area contributed by atoms with E-state index in [9.17, 15) is 14.4 Å². The van der Waals surface area contributed by atoms with E-state index in [0.29, 0.717) is 17.3 Å². The molecule has 0 unspecified atom stereocenters. The van der Waals surface area contributed by atoms with Gasteiger partial charge in [0.1, 0.15) is 17.2 Å². The van der Waals surface area contributed by atoms with Crippen LogP contribution in [0.4, 0.5) is 5.82 Å². The highest BCUT2D eigenvalue weighted by Crippen LogP contribution is 2.16. The molecule has 0 spiro atoms. The van der Waals surface area contributed by atoms with Crippen molar-refractivity contribution in [1.29, 1.82) is 0 Å². The predicted octanol–water partition coefficient (Wildman–Crippen LogP) is 0.232. The number of amides is 1. The minimum atomic E-state index is -0.458. The molecule has 9 heteroatoms. The Hall–Kier alpha value is -3.36. The Morgan fingerprint density at radius 2 is 1.84 bits per heavy atom. The lowest BCUT2D eigenvalue weighted by molar-refractivity contribution is 0.101. The third-order valence-electron chi connectivity index (χ3n) is 4.03. The summed E-state index contributed by atoms with van der Waals surface area (Å²) in [6.45, 7) is 0. The molecule has 0 atom stereocenters. The Labute approximate surface area is 142 Å². The van der Waals surface area contributed by atoms with Crippen molar-refractivity contribution in [3.63, 3.8) is 0 Å². The first-order valence-electron chi connectivity index (χ1n) is 7.43. The number of methoxy groups -OCH3 is 1. The number of nitrogens with zero attached hydrogens (tertiary/aromatic N) is 4. The molecule has 3 aromatic heterocycles. The topological polar surface area (TPSA) is 100 Å². The maximum atomic E-state index is 12.6. The average Bonchev–Trinajstić information content (AvgIpc) is 2.96. The van der Waals surface area contributed by atoms with Crippen LogP contribution in [0.5, 0.6) is 5.88 Å². The molecule has 3 aromatic rings. The minimum Gasteiger partial charge on any atom is -0.481 e. The van der Waals surface area contributed by atoms with Gasteiger partial charge in [-0.05, 0) is 12.1 Å². The van der Waals surface area contributed by atoms with Crippen LogP contribution in [0, 0.1) is 0 Å². The van der Waals surface area contributed by atoms with E-state index in [1.165, 1.54) is 29.4 Å². The molecule has 3 heterocycles. The minimum absolute atomic E-state index is 0.234. The van der Waals surface area contributed by atoms with Crippen molar-refractivity contribution in [3.05, 3.63) is 50.8 Å². The number of fused-ring (bicyclic) bond motifs is 1. The van der Waals surface area contributed by atoms with Gasteiger partial charge in [0.15, 0.2) is 0 Å². The zero-order valence-electron chi connectivity index (χ0n) is 14.2. The number of pyridine rings is 1. The van der Waals surface area contributed by atoms with Gasteiger partial charge in [0.25, 0.3) is 11.5 Å². The smallest absolute Gasteiger partial charge is 0.332 e. The van der Waals surface area contributed by atoms with E-state index in [1.54, 1.807) is 32.3 Å². The predicted molar refractivity (Wildman–Crippen MR) is 92.1 cm³/mol. The molecule has 0 saturated heterocycles. The number of carbonyl (C=O) groups is 1. The Morgan fingerprint density at radius 1 is 1.12 bits per heavy atom. The maximum absolute atomic E-state index is 12.6. The van der Waals surface area contributed by atoms with E-state index in [-0.39, 0.29) is 11.1 Å².